The Balaban J connectivity index is 1.64. The second-order valence-electron chi connectivity index (χ2n) is 9.19. The molecular weight excluding hydrogens is 360 g/mol. The Morgan fingerprint density at radius 1 is 1.11 bits per heavy atom. The van der Waals surface area contributed by atoms with Crippen LogP contribution in [-0.2, 0) is 14.3 Å². The van der Waals surface area contributed by atoms with Crippen molar-refractivity contribution in [2.24, 2.45) is 5.92 Å². The van der Waals surface area contributed by atoms with Gasteiger partial charge in [-0.2, -0.15) is 0 Å². The minimum atomic E-state index is -0.486. The van der Waals surface area contributed by atoms with Gasteiger partial charge in [-0.3, -0.25) is 14.6 Å². The van der Waals surface area contributed by atoms with Crippen molar-refractivity contribution in [1.82, 2.24) is 20.0 Å². The number of ether oxygens (including phenoxy) is 2. The smallest absolute Gasteiger partial charge is 0.410 e. The van der Waals surface area contributed by atoms with Crippen molar-refractivity contribution in [3.63, 3.8) is 0 Å². The number of hydrogen-bond donors (Lipinski definition) is 1. The first kappa shape index (κ1) is 22.9. The highest BCUT2D eigenvalue weighted by molar-refractivity contribution is 5.78. The molecule has 0 aromatic heterocycles. The Hall–Kier alpha value is -1.38. The summed E-state index contributed by atoms with van der Waals surface area (Å²) in [5.41, 5.74) is -0.486. The van der Waals surface area contributed by atoms with E-state index in [-0.39, 0.29) is 18.1 Å². The zero-order valence-corrected chi connectivity index (χ0v) is 18.2. The number of carbonyl (C=O) groups excluding carboxylic acids is 2. The fraction of sp³-hybridized carbons (Fsp3) is 0.900. The Morgan fingerprint density at radius 3 is 2.39 bits per heavy atom. The van der Waals surface area contributed by atoms with Gasteiger partial charge in [-0.05, 0) is 26.7 Å². The van der Waals surface area contributed by atoms with Gasteiger partial charge in [0.2, 0.25) is 5.91 Å². The maximum atomic E-state index is 12.3. The first-order chi connectivity index (χ1) is 13.1. The predicted molar refractivity (Wildman–Crippen MR) is 108 cm³/mol. The number of hydrogen-bond acceptors (Lipinski definition) is 6. The van der Waals surface area contributed by atoms with E-state index in [0.29, 0.717) is 45.2 Å². The molecule has 0 aliphatic carbocycles. The van der Waals surface area contributed by atoms with E-state index in [2.05, 4.69) is 29.0 Å². The lowest BCUT2D eigenvalue weighted by atomic mass is 10.2. The van der Waals surface area contributed by atoms with Crippen LogP contribution in [0, 0.1) is 5.92 Å². The molecule has 0 radical (unpaired) electrons. The second-order valence-corrected chi connectivity index (χ2v) is 9.19. The summed E-state index contributed by atoms with van der Waals surface area (Å²) in [4.78, 5) is 30.6. The van der Waals surface area contributed by atoms with E-state index in [1.807, 2.05) is 20.8 Å². The van der Waals surface area contributed by atoms with Crippen LogP contribution in [0.1, 0.15) is 34.6 Å². The Morgan fingerprint density at radius 2 is 1.79 bits per heavy atom. The van der Waals surface area contributed by atoms with E-state index >= 15 is 0 Å². The van der Waals surface area contributed by atoms with Crippen LogP contribution >= 0.6 is 0 Å². The van der Waals surface area contributed by atoms with Gasteiger partial charge in [0.05, 0.1) is 19.3 Å². The number of piperazine rings is 1. The van der Waals surface area contributed by atoms with E-state index in [4.69, 9.17) is 9.47 Å². The molecule has 2 fully saturated rings. The highest BCUT2D eigenvalue weighted by Crippen LogP contribution is 2.12. The van der Waals surface area contributed by atoms with Gasteiger partial charge in [0, 0.05) is 52.4 Å². The number of nitrogens with zero attached hydrogens (tertiary/aromatic N) is 3. The minimum absolute atomic E-state index is 0.00954. The molecule has 0 aromatic rings. The molecule has 2 saturated heterocycles. The molecule has 1 atom stereocenters. The average Bonchev–Trinajstić information content (AvgIpc) is 2.59. The molecular formula is C20H38N4O4. The highest BCUT2D eigenvalue weighted by atomic mass is 16.6. The summed E-state index contributed by atoms with van der Waals surface area (Å²) >= 11 is 0. The van der Waals surface area contributed by atoms with E-state index in [1.54, 1.807) is 4.90 Å². The molecule has 2 aliphatic heterocycles. The number of rotatable bonds is 6. The van der Waals surface area contributed by atoms with Crippen molar-refractivity contribution in [2.75, 3.05) is 65.5 Å². The van der Waals surface area contributed by atoms with Crippen LogP contribution in [0.25, 0.3) is 0 Å². The van der Waals surface area contributed by atoms with Crippen LogP contribution < -0.4 is 5.32 Å². The second kappa shape index (κ2) is 10.4. The van der Waals surface area contributed by atoms with Crippen molar-refractivity contribution < 1.29 is 19.1 Å². The highest BCUT2D eigenvalue weighted by Gasteiger charge is 2.27. The molecule has 1 N–H and O–H groups in total. The largest absolute Gasteiger partial charge is 0.444 e. The Labute approximate surface area is 169 Å². The van der Waals surface area contributed by atoms with Crippen LogP contribution in [0.5, 0.6) is 0 Å². The third-order valence-corrected chi connectivity index (χ3v) is 4.76. The molecule has 0 aromatic carbocycles. The maximum Gasteiger partial charge on any atom is 0.410 e. The van der Waals surface area contributed by atoms with Crippen LogP contribution in [-0.4, -0.2) is 104 Å². The van der Waals surface area contributed by atoms with Crippen molar-refractivity contribution >= 4 is 12.0 Å². The fourth-order valence-corrected chi connectivity index (χ4v) is 3.49. The number of morpholine rings is 1. The van der Waals surface area contributed by atoms with E-state index in [0.717, 1.165) is 26.2 Å². The molecule has 0 saturated carbocycles. The molecule has 8 heteroatoms. The summed E-state index contributed by atoms with van der Waals surface area (Å²) < 4.78 is 11.2. The van der Waals surface area contributed by atoms with Crippen LogP contribution in [0.2, 0.25) is 0 Å². The summed E-state index contributed by atoms with van der Waals surface area (Å²) in [7, 11) is 0. The Bertz CT molecular complexity index is 513. The van der Waals surface area contributed by atoms with Crippen LogP contribution in [0.3, 0.4) is 0 Å². The lowest BCUT2D eigenvalue weighted by Gasteiger charge is -2.35. The lowest BCUT2D eigenvalue weighted by molar-refractivity contribution is -0.123. The van der Waals surface area contributed by atoms with E-state index in [1.165, 1.54) is 0 Å². The average molecular weight is 399 g/mol. The van der Waals surface area contributed by atoms with Gasteiger partial charge in [0.1, 0.15) is 5.60 Å². The fourth-order valence-electron chi connectivity index (χ4n) is 3.49. The zero-order valence-electron chi connectivity index (χ0n) is 18.2. The molecule has 1 unspecified atom stereocenters. The number of carbonyl (C=O) groups is 2. The summed E-state index contributed by atoms with van der Waals surface area (Å²) in [6, 6.07) is 0. The van der Waals surface area contributed by atoms with Gasteiger partial charge in [-0.25, -0.2) is 4.79 Å². The molecule has 2 amide bonds. The first-order valence-electron chi connectivity index (χ1n) is 10.4. The minimum Gasteiger partial charge on any atom is -0.444 e. The SMILES string of the molecule is CC(C)CN1CCOC(CNC(=O)CN2CCN(C(=O)OC(C)(C)C)CC2)C1. The summed E-state index contributed by atoms with van der Waals surface area (Å²) in [5.74, 6) is 0.642. The molecule has 162 valence electrons. The van der Waals surface area contributed by atoms with Gasteiger partial charge < -0.3 is 19.7 Å². The summed E-state index contributed by atoms with van der Waals surface area (Å²) in [6.45, 7) is 17.1. The standard InChI is InChI=1S/C20H38N4O4/c1-16(2)13-23-10-11-27-17(14-23)12-21-18(25)15-22-6-8-24(9-7-22)19(26)28-20(3,4)5/h16-17H,6-15H2,1-5H3,(H,21,25). The third-order valence-electron chi connectivity index (χ3n) is 4.76. The lowest BCUT2D eigenvalue weighted by Crippen LogP contribution is -2.53. The monoisotopic (exact) mass is 398 g/mol. The molecule has 8 nitrogen and oxygen atoms in total. The predicted octanol–water partition coefficient (Wildman–Crippen LogP) is 1.01. The normalized spacial score (nSPS) is 22.4. The van der Waals surface area contributed by atoms with Gasteiger partial charge >= 0.3 is 6.09 Å². The van der Waals surface area contributed by atoms with Crippen molar-refractivity contribution in [3.05, 3.63) is 0 Å². The molecule has 0 spiro atoms. The van der Waals surface area contributed by atoms with Gasteiger partial charge in [0.15, 0.2) is 0 Å². The molecule has 0 bridgehead atoms. The topological polar surface area (TPSA) is 74.4 Å². The van der Waals surface area contributed by atoms with Crippen molar-refractivity contribution in [3.8, 4) is 0 Å². The molecule has 2 rings (SSSR count). The zero-order chi connectivity index (χ0) is 20.7. The van der Waals surface area contributed by atoms with Crippen LogP contribution in [0.4, 0.5) is 4.79 Å². The summed E-state index contributed by atoms with van der Waals surface area (Å²) in [6.07, 6.45) is -0.225. The van der Waals surface area contributed by atoms with E-state index in [9.17, 15) is 9.59 Å². The first-order valence-corrected chi connectivity index (χ1v) is 10.4. The summed E-state index contributed by atoms with van der Waals surface area (Å²) in [5, 5.41) is 3.00. The van der Waals surface area contributed by atoms with Crippen molar-refractivity contribution in [1.29, 1.82) is 0 Å². The van der Waals surface area contributed by atoms with Gasteiger partial charge in [0.25, 0.3) is 0 Å². The van der Waals surface area contributed by atoms with E-state index < -0.39 is 5.60 Å². The number of nitrogens with one attached hydrogen (secondary N) is 1. The number of amides is 2. The van der Waals surface area contributed by atoms with Gasteiger partial charge in [-0.15, -0.1) is 0 Å². The van der Waals surface area contributed by atoms with Crippen LogP contribution in [0.15, 0.2) is 0 Å². The molecule has 28 heavy (non-hydrogen) atoms. The van der Waals surface area contributed by atoms with Crippen molar-refractivity contribution in [2.45, 2.75) is 46.3 Å². The third kappa shape index (κ3) is 8.32. The quantitative estimate of drug-likeness (QED) is 0.720. The molecule has 2 aliphatic rings. The maximum absolute atomic E-state index is 12.3. The van der Waals surface area contributed by atoms with Gasteiger partial charge in [-0.1, -0.05) is 13.8 Å². The Kier molecular flexibility index (Phi) is 8.52. The molecule has 2 heterocycles.